The molecule has 0 saturated carbocycles. The zero-order valence-electron chi connectivity index (χ0n) is 39.7. The van der Waals surface area contributed by atoms with Crippen LogP contribution >= 0.6 is 0 Å². The highest BCUT2D eigenvalue weighted by Gasteiger charge is 2.44. The number of cyclic esters (lactones) is 2. The van der Waals surface area contributed by atoms with E-state index in [2.05, 4.69) is 6.58 Å². The second kappa shape index (κ2) is 23.6. The van der Waals surface area contributed by atoms with Crippen molar-refractivity contribution < 1.29 is 77.2 Å². The van der Waals surface area contributed by atoms with Crippen LogP contribution in [0.1, 0.15) is 155 Å². The van der Waals surface area contributed by atoms with Crippen LogP contribution in [0.25, 0.3) is 0 Å². The van der Waals surface area contributed by atoms with Gasteiger partial charge in [-0.1, -0.05) is 37.8 Å². The molecule has 2 rings (SSSR count). The molecule has 2 saturated heterocycles. The Kier molecular flexibility index (Phi) is 21.3. The summed E-state index contributed by atoms with van der Waals surface area (Å²) in [6.45, 7) is 28.7. The molecule has 0 aliphatic carbocycles. The summed E-state index contributed by atoms with van der Waals surface area (Å²) < 4.78 is 38.0. The largest absolute Gasteiger partial charge is 0.458 e. The smallest absolute Gasteiger partial charge is 0.420 e. The Morgan fingerprint density at radius 1 is 0.581 bits per heavy atom. The fourth-order valence-electron chi connectivity index (χ4n) is 6.10. The van der Waals surface area contributed by atoms with Crippen LogP contribution < -0.4 is 0 Å². The summed E-state index contributed by atoms with van der Waals surface area (Å²) in [6, 6.07) is -2.52. The maximum Gasteiger partial charge on any atom is 0.420 e. The predicted octanol–water partition coefficient (Wildman–Crippen LogP) is 7.11. The highest BCUT2D eigenvalue weighted by atomic mass is 16.6. The van der Waals surface area contributed by atoms with Gasteiger partial charge in [-0.25, -0.2) is 28.8 Å². The number of amides is 4. The molecule has 0 aromatic heterocycles. The van der Waals surface area contributed by atoms with Crippen molar-refractivity contribution in [3.63, 3.8) is 0 Å². The van der Waals surface area contributed by atoms with E-state index in [1.165, 1.54) is 6.92 Å². The number of carbonyl (C=O) groups is 6. The van der Waals surface area contributed by atoms with Gasteiger partial charge in [0.2, 0.25) is 0 Å². The summed E-state index contributed by atoms with van der Waals surface area (Å²) in [4.78, 5) is 78.9. The van der Waals surface area contributed by atoms with E-state index >= 15 is 0 Å². The summed E-state index contributed by atoms with van der Waals surface area (Å²) in [6.07, 6.45) is -6.86. The molecule has 18 nitrogen and oxygen atoms in total. The number of aliphatic hydroxyl groups is 3. The number of nitrogens with zero attached hydrogens (tertiary/aromatic N) is 2. The van der Waals surface area contributed by atoms with Crippen LogP contribution in [-0.4, -0.2) is 139 Å². The van der Waals surface area contributed by atoms with Crippen LogP contribution in [0.15, 0.2) is 12.2 Å². The SMILES string of the molecule is C=C(C)CO[C@H]1[C@H](C)OC(=O)[C@@H](N(C(=O)OC(C)(C)C)C(=O)OC(C)(C)C)CCCC[C@@H]1O.C[C@@H]1OC(=O)[C@@H](N(C(=O)OC(C)(C)C)C(=O)OC(C)(C)C)CCCC[C@H](O)[C@H]1O. The third-order valence-corrected chi connectivity index (χ3v) is 8.83. The number of esters is 2. The number of hydrogen-bond acceptors (Lipinski definition) is 16. The Balaban J connectivity index is 0.000000625. The topological polar surface area (TPSA) is 234 Å². The number of imide groups is 2. The third kappa shape index (κ3) is 20.5. The Morgan fingerprint density at radius 2 is 0.887 bits per heavy atom. The Morgan fingerprint density at radius 3 is 1.21 bits per heavy atom. The minimum Gasteiger partial charge on any atom is -0.458 e. The average molecular weight is 889 g/mol. The molecule has 62 heavy (non-hydrogen) atoms. The predicted molar refractivity (Wildman–Crippen MR) is 227 cm³/mol. The van der Waals surface area contributed by atoms with Gasteiger partial charge in [0.1, 0.15) is 58.9 Å². The van der Waals surface area contributed by atoms with Crippen molar-refractivity contribution >= 4 is 36.3 Å². The minimum absolute atomic E-state index is 0.118. The maximum absolute atomic E-state index is 13.2. The van der Waals surface area contributed by atoms with Crippen molar-refractivity contribution in [2.45, 2.75) is 226 Å². The molecule has 2 heterocycles. The van der Waals surface area contributed by atoms with E-state index in [9.17, 15) is 44.1 Å². The van der Waals surface area contributed by atoms with Crippen LogP contribution in [0.2, 0.25) is 0 Å². The summed E-state index contributed by atoms with van der Waals surface area (Å²) in [5, 5.41) is 30.6. The lowest BCUT2D eigenvalue weighted by Gasteiger charge is -2.35. The molecule has 8 atom stereocenters. The zero-order valence-corrected chi connectivity index (χ0v) is 39.7. The monoisotopic (exact) mass is 889 g/mol. The molecule has 2 aliphatic heterocycles. The molecular weight excluding hydrogens is 812 g/mol. The fourth-order valence-corrected chi connectivity index (χ4v) is 6.10. The Hall–Kier alpha value is -4.00. The van der Waals surface area contributed by atoms with Gasteiger partial charge < -0.3 is 48.5 Å². The first-order valence-corrected chi connectivity index (χ1v) is 21.4. The molecule has 2 aliphatic rings. The van der Waals surface area contributed by atoms with Crippen LogP contribution in [0, 0.1) is 0 Å². The van der Waals surface area contributed by atoms with Crippen LogP contribution in [0.5, 0.6) is 0 Å². The van der Waals surface area contributed by atoms with E-state index in [1.807, 2.05) is 0 Å². The van der Waals surface area contributed by atoms with Crippen molar-refractivity contribution in [3.05, 3.63) is 12.2 Å². The van der Waals surface area contributed by atoms with Crippen molar-refractivity contribution in [1.29, 1.82) is 0 Å². The molecule has 0 unspecified atom stereocenters. The van der Waals surface area contributed by atoms with Crippen molar-refractivity contribution in [2.24, 2.45) is 0 Å². The van der Waals surface area contributed by atoms with Gasteiger partial charge in [0.05, 0.1) is 18.8 Å². The van der Waals surface area contributed by atoms with E-state index in [0.29, 0.717) is 48.3 Å². The number of rotatable bonds is 5. The van der Waals surface area contributed by atoms with Crippen LogP contribution in [-0.2, 0) is 42.7 Å². The molecule has 4 amide bonds. The zero-order chi connectivity index (χ0) is 48.1. The van der Waals surface area contributed by atoms with E-state index in [0.717, 1.165) is 5.57 Å². The summed E-state index contributed by atoms with van der Waals surface area (Å²) in [7, 11) is 0. The highest BCUT2D eigenvalue weighted by Crippen LogP contribution is 2.26. The summed E-state index contributed by atoms with van der Waals surface area (Å²) >= 11 is 0. The molecule has 0 spiro atoms. The number of hydrogen-bond donors (Lipinski definition) is 3. The minimum atomic E-state index is -1.27. The van der Waals surface area contributed by atoms with Gasteiger partial charge in [-0.3, -0.25) is 0 Å². The summed E-state index contributed by atoms with van der Waals surface area (Å²) in [5.41, 5.74) is -2.82. The van der Waals surface area contributed by atoms with E-state index < -0.39 is 107 Å². The van der Waals surface area contributed by atoms with Gasteiger partial charge in [0.15, 0.2) is 0 Å². The molecule has 0 radical (unpaired) electrons. The van der Waals surface area contributed by atoms with Gasteiger partial charge >= 0.3 is 36.3 Å². The molecule has 0 aromatic carbocycles. The first-order valence-electron chi connectivity index (χ1n) is 21.4. The maximum atomic E-state index is 13.2. The van der Waals surface area contributed by atoms with Gasteiger partial charge in [0, 0.05) is 0 Å². The van der Waals surface area contributed by atoms with Crippen molar-refractivity contribution in [3.8, 4) is 0 Å². The standard InChI is InChI=1S/C24H41NO8.C20H35NO8/c1-15(2)14-30-19-16(3)31-20(27)17(12-10-11-13-18(19)26)25(21(28)32-23(4,5)6)22(29)33-24(7,8)9;1-12-15(23)14(22)11-9-8-10-13(16(24)27-12)21(17(25)28-19(2,3)4)18(26)29-20(5,6)7/h16-19,26H,1,10-14H2,2-9H3;12-15,22-23H,8-11H2,1-7H3/t16-,17-,18-,19-;12-,13-,14-,15-/m00/s1. The molecule has 358 valence electrons. The molecular formula is C44H76N2O16. The van der Waals surface area contributed by atoms with Gasteiger partial charge in [-0.2, -0.15) is 9.80 Å². The molecule has 2 fully saturated rings. The molecule has 18 heteroatoms. The number of ether oxygens (including phenoxy) is 7. The lowest BCUT2D eigenvalue weighted by molar-refractivity contribution is -0.169. The van der Waals surface area contributed by atoms with Crippen molar-refractivity contribution in [1.82, 2.24) is 9.80 Å². The average Bonchev–Trinajstić information content (AvgIpc) is 3.06. The number of carbonyl (C=O) groups excluding carboxylic acids is 6. The van der Waals surface area contributed by atoms with Crippen molar-refractivity contribution in [2.75, 3.05) is 6.61 Å². The fraction of sp³-hybridized carbons (Fsp3) is 0.818. The second-order valence-electron chi connectivity index (χ2n) is 19.9. The summed E-state index contributed by atoms with van der Waals surface area (Å²) in [5.74, 6) is -1.67. The second-order valence-corrected chi connectivity index (χ2v) is 19.9. The third-order valence-electron chi connectivity index (χ3n) is 8.83. The molecule has 3 N–H and O–H groups in total. The first-order chi connectivity index (χ1) is 28.1. The van der Waals surface area contributed by atoms with E-state index in [1.54, 1.807) is 96.9 Å². The lowest BCUT2D eigenvalue weighted by Crippen LogP contribution is -2.54. The molecule has 0 aromatic rings. The highest BCUT2D eigenvalue weighted by molar-refractivity contribution is 5.95. The Labute approximate surface area is 367 Å². The normalized spacial score (nSPS) is 25.8. The van der Waals surface area contributed by atoms with Gasteiger partial charge in [-0.05, 0) is 130 Å². The van der Waals surface area contributed by atoms with Crippen LogP contribution in [0.3, 0.4) is 0 Å². The lowest BCUT2D eigenvalue weighted by atomic mass is 9.99. The van der Waals surface area contributed by atoms with E-state index in [-0.39, 0.29) is 19.4 Å². The van der Waals surface area contributed by atoms with Crippen LogP contribution in [0.4, 0.5) is 19.2 Å². The van der Waals surface area contributed by atoms with E-state index in [4.69, 9.17) is 33.2 Å². The number of aliphatic hydroxyl groups excluding tert-OH is 3. The molecule has 0 bridgehead atoms. The quantitative estimate of drug-likeness (QED) is 0.142. The first kappa shape index (κ1) is 56.0. The van der Waals surface area contributed by atoms with Gasteiger partial charge in [-0.15, -0.1) is 0 Å². The van der Waals surface area contributed by atoms with Gasteiger partial charge in [0.25, 0.3) is 0 Å². The Bertz CT molecular complexity index is 1470.